The fraction of sp³-hybridized carbons (Fsp3) is 0.250. The normalized spacial score (nSPS) is 17.7. The molecule has 1 aromatic carbocycles. The first-order valence-electron chi connectivity index (χ1n) is 7.42. The molecule has 7 heteroatoms. The van der Waals surface area contributed by atoms with Crippen LogP contribution in [0, 0.1) is 0 Å². The lowest BCUT2D eigenvalue weighted by Crippen LogP contribution is -2.32. The molecule has 4 rings (SSSR count). The van der Waals surface area contributed by atoms with Crippen molar-refractivity contribution in [2.75, 3.05) is 6.54 Å². The lowest BCUT2D eigenvalue weighted by Gasteiger charge is -2.23. The van der Waals surface area contributed by atoms with Crippen LogP contribution in [0.5, 0.6) is 0 Å². The number of H-pyrrole nitrogens is 1. The molecule has 3 aromatic rings. The second-order valence-corrected chi connectivity index (χ2v) is 6.22. The first-order valence-corrected chi connectivity index (χ1v) is 8.36. The molecule has 1 fully saturated rings. The standard InChI is InChI=1S/C16H14N4O2S/c21-15-10-4-1-2-5-11(10)18-14(19-15)13-6-3-7-20(13)16(22)12-8-23-9-17-12/h1-2,4-5,8-9,13H,3,6-7H2,(H,18,19,21). The summed E-state index contributed by atoms with van der Waals surface area (Å²) in [4.78, 5) is 38.1. The molecule has 0 aliphatic carbocycles. The van der Waals surface area contributed by atoms with E-state index in [2.05, 4.69) is 15.0 Å². The number of hydrogen-bond donors (Lipinski definition) is 1. The summed E-state index contributed by atoms with van der Waals surface area (Å²) in [6, 6.07) is 7.02. The van der Waals surface area contributed by atoms with E-state index in [0.717, 1.165) is 12.8 Å². The Morgan fingerprint density at radius 2 is 2.22 bits per heavy atom. The Morgan fingerprint density at radius 1 is 1.35 bits per heavy atom. The monoisotopic (exact) mass is 326 g/mol. The number of aromatic amines is 1. The van der Waals surface area contributed by atoms with Gasteiger partial charge in [-0.3, -0.25) is 9.59 Å². The van der Waals surface area contributed by atoms with Gasteiger partial charge < -0.3 is 9.88 Å². The van der Waals surface area contributed by atoms with Crippen LogP contribution in [0.3, 0.4) is 0 Å². The van der Waals surface area contributed by atoms with Crippen LogP contribution in [0.4, 0.5) is 0 Å². The minimum absolute atomic E-state index is 0.107. The van der Waals surface area contributed by atoms with Crippen LogP contribution >= 0.6 is 11.3 Å². The van der Waals surface area contributed by atoms with E-state index in [-0.39, 0.29) is 17.5 Å². The number of nitrogens with zero attached hydrogens (tertiary/aromatic N) is 3. The SMILES string of the molecule is O=C(c1cscn1)N1CCCC1c1nc2ccccc2c(=O)[nH]1. The first kappa shape index (κ1) is 14.1. The van der Waals surface area contributed by atoms with Gasteiger partial charge in [-0.05, 0) is 25.0 Å². The van der Waals surface area contributed by atoms with Gasteiger partial charge in [0.1, 0.15) is 11.5 Å². The number of para-hydroxylation sites is 1. The lowest BCUT2D eigenvalue weighted by molar-refractivity contribution is 0.0724. The molecule has 1 saturated heterocycles. The van der Waals surface area contributed by atoms with Gasteiger partial charge in [0.05, 0.1) is 22.5 Å². The summed E-state index contributed by atoms with van der Waals surface area (Å²) in [6.45, 7) is 0.650. The number of fused-ring (bicyclic) bond motifs is 1. The number of amides is 1. The molecule has 0 spiro atoms. The molecular formula is C16H14N4O2S. The van der Waals surface area contributed by atoms with E-state index in [4.69, 9.17) is 0 Å². The number of nitrogens with one attached hydrogen (secondary N) is 1. The number of hydrogen-bond acceptors (Lipinski definition) is 5. The Balaban J connectivity index is 1.74. The molecule has 1 amide bonds. The Kier molecular flexibility index (Phi) is 3.42. The average molecular weight is 326 g/mol. The van der Waals surface area contributed by atoms with Crippen molar-refractivity contribution >= 4 is 28.1 Å². The molecule has 2 aromatic heterocycles. The van der Waals surface area contributed by atoms with Crippen LogP contribution in [-0.2, 0) is 0 Å². The quantitative estimate of drug-likeness (QED) is 0.784. The molecule has 3 heterocycles. The van der Waals surface area contributed by atoms with E-state index in [1.54, 1.807) is 21.9 Å². The van der Waals surface area contributed by atoms with Crippen molar-refractivity contribution in [1.82, 2.24) is 19.9 Å². The highest BCUT2D eigenvalue weighted by atomic mass is 32.1. The summed E-state index contributed by atoms with van der Waals surface area (Å²) in [5, 5.41) is 2.31. The molecule has 1 N–H and O–H groups in total. The summed E-state index contributed by atoms with van der Waals surface area (Å²) < 4.78 is 0. The van der Waals surface area contributed by atoms with Crippen LogP contribution in [0.1, 0.15) is 35.2 Å². The highest BCUT2D eigenvalue weighted by Gasteiger charge is 2.33. The van der Waals surface area contributed by atoms with Gasteiger partial charge in [-0.2, -0.15) is 0 Å². The molecule has 1 atom stereocenters. The number of benzene rings is 1. The smallest absolute Gasteiger partial charge is 0.273 e. The van der Waals surface area contributed by atoms with Crippen molar-refractivity contribution in [2.45, 2.75) is 18.9 Å². The van der Waals surface area contributed by atoms with Gasteiger partial charge in [0.15, 0.2) is 0 Å². The summed E-state index contributed by atoms with van der Waals surface area (Å²) >= 11 is 1.40. The third kappa shape index (κ3) is 2.43. The fourth-order valence-corrected chi connectivity index (χ4v) is 3.55. The van der Waals surface area contributed by atoms with E-state index in [1.807, 2.05) is 18.2 Å². The van der Waals surface area contributed by atoms with Crippen molar-refractivity contribution in [3.05, 3.63) is 57.0 Å². The zero-order valence-electron chi connectivity index (χ0n) is 12.2. The van der Waals surface area contributed by atoms with Crippen LogP contribution < -0.4 is 5.56 Å². The second kappa shape index (κ2) is 5.58. The van der Waals surface area contributed by atoms with Crippen molar-refractivity contribution in [3.8, 4) is 0 Å². The minimum atomic E-state index is -0.207. The summed E-state index contributed by atoms with van der Waals surface area (Å²) in [5.74, 6) is 0.444. The number of aromatic nitrogens is 3. The number of carbonyl (C=O) groups excluding carboxylic acids is 1. The molecule has 6 nitrogen and oxygen atoms in total. The maximum Gasteiger partial charge on any atom is 0.273 e. The zero-order valence-corrected chi connectivity index (χ0v) is 13.0. The van der Waals surface area contributed by atoms with E-state index >= 15 is 0 Å². The summed E-state index contributed by atoms with van der Waals surface area (Å²) in [5.41, 5.74) is 2.58. The third-order valence-corrected chi connectivity index (χ3v) is 4.70. The zero-order chi connectivity index (χ0) is 15.8. The fourth-order valence-electron chi connectivity index (χ4n) is 3.02. The molecule has 1 aliphatic heterocycles. The van der Waals surface area contributed by atoms with Gasteiger partial charge in [-0.25, -0.2) is 9.97 Å². The highest BCUT2D eigenvalue weighted by Crippen LogP contribution is 2.31. The van der Waals surface area contributed by atoms with E-state index < -0.39 is 0 Å². The Morgan fingerprint density at radius 3 is 3.04 bits per heavy atom. The van der Waals surface area contributed by atoms with E-state index in [9.17, 15) is 9.59 Å². The lowest BCUT2D eigenvalue weighted by atomic mass is 10.2. The highest BCUT2D eigenvalue weighted by molar-refractivity contribution is 7.07. The van der Waals surface area contributed by atoms with Crippen molar-refractivity contribution in [3.63, 3.8) is 0 Å². The molecule has 116 valence electrons. The predicted molar refractivity (Wildman–Crippen MR) is 87.5 cm³/mol. The molecular weight excluding hydrogens is 312 g/mol. The van der Waals surface area contributed by atoms with Gasteiger partial charge in [0, 0.05) is 11.9 Å². The van der Waals surface area contributed by atoms with Gasteiger partial charge >= 0.3 is 0 Å². The minimum Gasteiger partial charge on any atom is -0.327 e. The van der Waals surface area contributed by atoms with Crippen LogP contribution in [0.2, 0.25) is 0 Å². The average Bonchev–Trinajstić information content (AvgIpc) is 3.26. The number of rotatable bonds is 2. The van der Waals surface area contributed by atoms with Crippen molar-refractivity contribution in [1.29, 1.82) is 0 Å². The molecule has 0 saturated carbocycles. The summed E-state index contributed by atoms with van der Waals surface area (Å²) in [7, 11) is 0. The molecule has 0 radical (unpaired) electrons. The number of likely N-dealkylation sites (tertiary alicyclic amines) is 1. The topological polar surface area (TPSA) is 79.0 Å². The van der Waals surface area contributed by atoms with E-state index in [1.165, 1.54) is 11.3 Å². The third-order valence-electron chi connectivity index (χ3n) is 4.11. The Labute approximate surface area is 135 Å². The Bertz CT molecular complexity index is 919. The second-order valence-electron chi connectivity index (χ2n) is 5.50. The van der Waals surface area contributed by atoms with E-state index in [0.29, 0.717) is 29.0 Å². The van der Waals surface area contributed by atoms with Gasteiger partial charge in [-0.15, -0.1) is 11.3 Å². The Hall–Kier alpha value is -2.54. The van der Waals surface area contributed by atoms with Gasteiger partial charge in [-0.1, -0.05) is 12.1 Å². The van der Waals surface area contributed by atoms with Gasteiger partial charge in [0.2, 0.25) is 0 Å². The van der Waals surface area contributed by atoms with Crippen LogP contribution in [0.15, 0.2) is 40.0 Å². The van der Waals surface area contributed by atoms with Crippen molar-refractivity contribution in [2.24, 2.45) is 0 Å². The maximum absolute atomic E-state index is 12.6. The van der Waals surface area contributed by atoms with Crippen LogP contribution in [-0.4, -0.2) is 32.3 Å². The molecule has 0 bridgehead atoms. The van der Waals surface area contributed by atoms with Gasteiger partial charge in [0.25, 0.3) is 11.5 Å². The van der Waals surface area contributed by atoms with Crippen molar-refractivity contribution < 1.29 is 4.79 Å². The largest absolute Gasteiger partial charge is 0.327 e. The predicted octanol–water partition coefficient (Wildman–Crippen LogP) is 2.36. The summed E-state index contributed by atoms with van der Waals surface area (Å²) in [6.07, 6.45) is 1.67. The molecule has 23 heavy (non-hydrogen) atoms. The molecule has 1 unspecified atom stereocenters. The number of carbonyl (C=O) groups is 1. The molecule has 1 aliphatic rings. The first-order chi connectivity index (χ1) is 11.2. The van der Waals surface area contributed by atoms with Crippen LogP contribution in [0.25, 0.3) is 10.9 Å². The maximum atomic E-state index is 12.6. The number of thiazole rings is 1.